The molecule has 0 saturated carbocycles. The topological polar surface area (TPSA) is 48.5 Å². The Kier molecular flexibility index (Phi) is 8.42. The van der Waals surface area contributed by atoms with Crippen LogP contribution in [-0.4, -0.2) is 24.1 Å². The van der Waals surface area contributed by atoms with Crippen LogP contribution in [0.4, 0.5) is 0 Å². The highest BCUT2D eigenvalue weighted by Gasteiger charge is 2.21. The third-order valence-electron chi connectivity index (χ3n) is 12.0. The van der Waals surface area contributed by atoms with E-state index in [9.17, 15) is 0 Å². The molecule has 0 fully saturated rings. The lowest BCUT2D eigenvalue weighted by atomic mass is 9.98. The molecule has 62 heavy (non-hydrogen) atoms. The van der Waals surface area contributed by atoms with Gasteiger partial charge in [-0.05, 0) is 71.3 Å². The summed E-state index contributed by atoms with van der Waals surface area (Å²) in [7, 11) is 0. The Morgan fingerprint density at radius 1 is 0.258 bits per heavy atom. The van der Waals surface area contributed by atoms with Crippen molar-refractivity contribution in [2.45, 2.75) is 0 Å². The third kappa shape index (κ3) is 5.98. The van der Waals surface area contributed by atoms with E-state index in [2.05, 4.69) is 173 Å². The van der Waals surface area contributed by atoms with Crippen LogP contribution < -0.4 is 0 Å². The van der Waals surface area contributed by atoms with Gasteiger partial charge in [-0.25, -0.2) is 15.0 Å². The normalized spacial score (nSPS) is 11.5. The molecule has 3 heterocycles. The molecule has 0 atom stereocenters. The summed E-state index contributed by atoms with van der Waals surface area (Å²) in [5.74, 6) is 1.92. The van der Waals surface area contributed by atoms with Gasteiger partial charge in [0.2, 0.25) is 0 Å². The van der Waals surface area contributed by atoms with Crippen LogP contribution in [0.3, 0.4) is 0 Å². The Balaban J connectivity index is 1.07. The summed E-state index contributed by atoms with van der Waals surface area (Å²) >= 11 is 0. The fraction of sp³-hybridized carbons (Fsp3) is 0. The zero-order valence-corrected chi connectivity index (χ0v) is 33.6. The minimum atomic E-state index is 0.629. The molecule has 5 heteroatoms. The van der Waals surface area contributed by atoms with Gasteiger partial charge >= 0.3 is 0 Å². The summed E-state index contributed by atoms with van der Waals surface area (Å²) in [6.45, 7) is 0. The first kappa shape index (κ1) is 35.5. The number of aromatic nitrogens is 5. The SMILES string of the molecule is c1ccc(-c2ccc(-c3ccccc3)c(-n3c4ccccc4c4cc5c6ccccc6n(-c6ccc(-c7nc(-c8ccccc8)nc(-c8ccccc8)n7)cc6)c5cc43)c2)cc1. The maximum Gasteiger partial charge on any atom is 0.164 e. The molecule has 12 rings (SSSR count). The van der Waals surface area contributed by atoms with Gasteiger partial charge in [0.15, 0.2) is 17.5 Å². The van der Waals surface area contributed by atoms with Crippen LogP contribution in [0.25, 0.3) is 111 Å². The molecular formula is C57H37N5. The van der Waals surface area contributed by atoms with Crippen molar-refractivity contribution in [1.29, 1.82) is 0 Å². The zero-order chi connectivity index (χ0) is 41.0. The number of hydrogen-bond acceptors (Lipinski definition) is 3. The van der Waals surface area contributed by atoms with Gasteiger partial charge in [-0.15, -0.1) is 0 Å². The lowest BCUT2D eigenvalue weighted by molar-refractivity contribution is 1.07. The van der Waals surface area contributed by atoms with Crippen molar-refractivity contribution in [3.63, 3.8) is 0 Å². The Morgan fingerprint density at radius 2 is 0.677 bits per heavy atom. The number of hydrogen-bond donors (Lipinski definition) is 0. The van der Waals surface area contributed by atoms with Crippen LogP contribution in [0.1, 0.15) is 0 Å². The Morgan fingerprint density at radius 3 is 1.23 bits per heavy atom. The Labute approximate surface area is 358 Å². The van der Waals surface area contributed by atoms with E-state index in [1.165, 1.54) is 49.3 Å². The highest BCUT2D eigenvalue weighted by atomic mass is 15.0. The van der Waals surface area contributed by atoms with Crippen LogP contribution in [0, 0.1) is 0 Å². The first-order valence-electron chi connectivity index (χ1n) is 20.9. The molecule has 5 nitrogen and oxygen atoms in total. The number of para-hydroxylation sites is 2. The monoisotopic (exact) mass is 791 g/mol. The van der Waals surface area contributed by atoms with E-state index in [4.69, 9.17) is 15.0 Å². The third-order valence-corrected chi connectivity index (χ3v) is 12.0. The van der Waals surface area contributed by atoms with Gasteiger partial charge < -0.3 is 9.13 Å². The van der Waals surface area contributed by atoms with Gasteiger partial charge in [0.1, 0.15) is 0 Å². The molecule has 290 valence electrons. The number of rotatable bonds is 7. The fourth-order valence-corrected chi connectivity index (χ4v) is 9.05. The van der Waals surface area contributed by atoms with Crippen molar-refractivity contribution >= 4 is 43.6 Å². The summed E-state index contributed by atoms with van der Waals surface area (Å²) in [4.78, 5) is 14.9. The van der Waals surface area contributed by atoms with Crippen LogP contribution in [0.15, 0.2) is 224 Å². The van der Waals surface area contributed by atoms with E-state index >= 15 is 0 Å². The molecule has 0 N–H and O–H groups in total. The van der Waals surface area contributed by atoms with E-state index in [0.717, 1.165) is 44.6 Å². The first-order chi connectivity index (χ1) is 30.7. The largest absolute Gasteiger partial charge is 0.309 e. The summed E-state index contributed by atoms with van der Waals surface area (Å²) in [5.41, 5.74) is 14.3. The van der Waals surface area contributed by atoms with Gasteiger partial charge in [0.25, 0.3) is 0 Å². The van der Waals surface area contributed by atoms with Gasteiger partial charge in [0, 0.05) is 49.5 Å². The van der Waals surface area contributed by atoms with E-state index < -0.39 is 0 Å². The first-order valence-corrected chi connectivity index (χ1v) is 20.9. The number of nitrogens with zero attached hydrogens (tertiary/aromatic N) is 5. The molecule has 0 spiro atoms. The average molecular weight is 792 g/mol. The summed E-state index contributed by atoms with van der Waals surface area (Å²) < 4.78 is 4.87. The maximum atomic E-state index is 5.01. The lowest BCUT2D eigenvalue weighted by Gasteiger charge is -2.16. The molecule has 0 bridgehead atoms. The molecule has 3 aromatic heterocycles. The summed E-state index contributed by atoms with van der Waals surface area (Å²) in [6, 6.07) is 79.5. The maximum absolute atomic E-state index is 5.01. The number of benzene rings is 9. The highest BCUT2D eigenvalue weighted by Crippen LogP contribution is 2.42. The van der Waals surface area contributed by atoms with Crippen LogP contribution >= 0.6 is 0 Å². The predicted octanol–water partition coefficient (Wildman–Crippen LogP) is 14.4. The molecule has 0 saturated heterocycles. The smallest absolute Gasteiger partial charge is 0.164 e. The Hall–Kier alpha value is -8.41. The molecule has 9 aromatic carbocycles. The molecule has 0 radical (unpaired) electrons. The second kappa shape index (κ2) is 14.7. The molecule has 0 unspecified atom stereocenters. The van der Waals surface area contributed by atoms with Crippen molar-refractivity contribution in [3.05, 3.63) is 224 Å². The standard InChI is InChI=1S/C57H37N5/c1-5-17-38(18-6-1)43-31-34-45(39-19-7-2-8-20-39)52(35-43)62-51-28-16-14-26-47(51)49-36-48-46-25-13-15-27-50(46)61(53(48)37-54(49)62)44-32-29-42(30-33-44)57-59-55(40-21-9-3-10-22-40)58-56(60-57)41-23-11-4-12-24-41/h1-37H. The van der Waals surface area contributed by atoms with Gasteiger partial charge in [-0.3, -0.25) is 0 Å². The fourth-order valence-electron chi connectivity index (χ4n) is 9.05. The van der Waals surface area contributed by atoms with Crippen LogP contribution in [0.5, 0.6) is 0 Å². The molecular weight excluding hydrogens is 755 g/mol. The van der Waals surface area contributed by atoms with Gasteiger partial charge in [-0.2, -0.15) is 0 Å². The second-order valence-electron chi connectivity index (χ2n) is 15.6. The van der Waals surface area contributed by atoms with Crippen molar-refractivity contribution in [2.24, 2.45) is 0 Å². The van der Waals surface area contributed by atoms with E-state index in [1.807, 2.05) is 60.7 Å². The average Bonchev–Trinajstić information content (AvgIpc) is 3.86. The van der Waals surface area contributed by atoms with Crippen molar-refractivity contribution in [1.82, 2.24) is 24.1 Å². The minimum Gasteiger partial charge on any atom is -0.309 e. The van der Waals surface area contributed by atoms with Crippen molar-refractivity contribution in [3.8, 4) is 67.8 Å². The van der Waals surface area contributed by atoms with Crippen LogP contribution in [0.2, 0.25) is 0 Å². The Bertz CT molecular complexity index is 3540. The van der Waals surface area contributed by atoms with Crippen molar-refractivity contribution in [2.75, 3.05) is 0 Å². The van der Waals surface area contributed by atoms with E-state index in [-0.39, 0.29) is 0 Å². The highest BCUT2D eigenvalue weighted by molar-refractivity contribution is 6.19. The molecule has 0 aliphatic heterocycles. The van der Waals surface area contributed by atoms with Crippen LogP contribution in [-0.2, 0) is 0 Å². The molecule has 0 amide bonds. The summed E-state index contributed by atoms with van der Waals surface area (Å²) in [5, 5.41) is 4.85. The second-order valence-corrected chi connectivity index (χ2v) is 15.6. The minimum absolute atomic E-state index is 0.629. The number of fused-ring (bicyclic) bond motifs is 6. The lowest BCUT2D eigenvalue weighted by Crippen LogP contribution is -2.00. The zero-order valence-electron chi connectivity index (χ0n) is 33.6. The summed E-state index contributed by atoms with van der Waals surface area (Å²) in [6.07, 6.45) is 0. The molecule has 0 aliphatic carbocycles. The van der Waals surface area contributed by atoms with Gasteiger partial charge in [-0.1, -0.05) is 170 Å². The quantitative estimate of drug-likeness (QED) is 0.162. The van der Waals surface area contributed by atoms with E-state index in [0.29, 0.717) is 17.5 Å². The molecule has 0 aliphatic rings. The van der Waals surface area contributed by atoms with Crippen molar-refractivity contribution < 1.29 is 0 Å². The molecule has 12 aromatic rings. The van der Waals surface area contributed by atoms with Gasteiger partial charge in [0.05, 0.1) is 27.8 Å². The predicted molar refractivity (Wildman–Crippen MR) is 256 cm³/mol. The van der Waals surface area contributed by atoms with E-state index in [1.54, 1.807) is 0 Å².